The van der Waals surface area contributed by atoms with E-state index in [1.54, 1.807) is 0 Å². The van der Waals surface area contributed by atoms with Crippen molar-refractivity contribution < 1.29 is 0 Å². The van der Waals surface area contributed by atoms with E-state index in [-0.39, 0.29) is 10.8 Å². The average molecular weight is 372 g/mol. The minimum Gasteiger partial charge on any atom is -0.279 e. The van der Waals surface area contributed by atoms with E-state index >= 15 is 0 Å². The van der Waals surface area contributed by atoms with Gasteiger partial charge in [0.25, 0.3) is 0 Å². The summed E-state index contributed by atoms with van der Waals surface area (Å²) in [5.41, 5.74) is 1.73. The molecule has 0 saturated carbocycles. The molecule has 0 bridgehead atoms. The first-order valence-corrected chi connectivity index (χ1v) is 8.99. The van der Waals surface area contributed by atoms with Crippen LogP contribution in [-0.4, -0.2) is 51.1 Å². The largest absolute Gasteiger partial charge is 0.279 e. The SMILES string of the molecule is CC(C)(C)C(c1c[nH]nn1)(N(Cc1c[nH]nn1)Cc1c[nH]nn1)C(C)(C)C. The number of H-pyrrole nitrogens is 3. The normalized spacial score (nSPS) is 13.4. The van der Waals surface area contributed by atoms with Crippen LogP contribution in [0.4, 0.5) is 0 Å². The zero-order valence-electron chi connectivity index (χ0n) is 16.8. The maximum atomic E-state index is 4.47. The molecule has 0 spiro atoms. The smallest absolute Gasteiger partial charge is 0.104 e. The third kappa shape index (κ3) is 3.36. The van der Waals surface area contributed by atoms with Crippen LogP contribution >= 0.6 is 0 Å². The molecule has 3 aromatic rings. The monoisotopic (exact) mass is 372 g/mol. The predicted octanol–water partition coefficient (Wildman–Crippen LogP) is 2.03. The van der Waals surface area contributed by atoms with E-state index in [1.165, 1.54) is 0 Å². The van der Waals surface area contributed by atoms with Gasteiger partial charge in [0.05, 0.1) is 16.9 Å². The van der Waals surface area contributed by atoms with E-state index in [9.17, 15) is 0 Å². The number of aromatic amines is 3. The Bertz CT molecular complexity index is 756. The Morgan fingerprint density at radius 3 is 1.48 bits per heavy atom. The fourth-order valence-electron chi connectivity index (χ4n) is 4.67. The molecule has 0 fully saturated rings. The highest BCUT2D eigenvalue weighted by Gasteiger charge is 2.57. The molecule has 3 aromatic heterocycles. The first-order chi connectivity index (χ1) is 12.7. The first-order valence-electron chi connectivity index (χ1n) is 8.99. The second kappa shape index (κ2) is 6.84. The van der Waals surface area contributed by atoms with Gasteiger partial charge in [-0.05, 0) is 10.8 Å². The van der Waals surface area contributed by atoms with Crippen molar-refractivity contribution in [3.8, 4) is 0 Å². The molecular weight excluding hydrogens is 344 g/mol. The van der Waals surface area contributed by atoms with Gasteiger partial charge in [-0.25, -0.2) is 0 Å². The Morgan fingerprint density at radius 1 is 0.704 bits per heavy atom. The second-order valence-corrected chi connectivity index (χ2v) is 8.85. The summed E-state index contributed by atoms with van der Waals surface area (Å²) < 4.78 is 0. The number of hydrogen-bond donors (Lipinski definition) is 3. The highest BCUT2D eigenvalue weighted by atomic mass is 15.4. The lowest BCUT2D eigenvalue weighted by molar-refractivity contribution is -0.110. The summed E-state index contributed by atoms with van der Waals surface area (Å²) in [5.74, 6) is 0. The summed E-state index contributed by atoms with van der Waals surface area (Å²) in [7, 11) is 0. The summed E-state index contributed by atoms with van der Waals surface area (Å²) >= 11 is 0. The van der Waals surface area contributed by atoms with Crippen LogP contribution in [0.5, 0.6) is 0 Å². The average Bonchev–Trinajstić information content (AvgIpc) is 3.28. The van der Waals surface area contributed by atoms with E-state index in [1.807, 2.05) is 18.6 Å². The molecule has 10 heteroatoms. The molecule has 0 aliphatic heterocycles. The van der Waals surface area contributed by atoms with E-state index in [4.69, 9.17) is 0 Å². The molecule has 0 atom stereocenters. The van der Waals surface area contributed by atoms with Crippen molar-refractivity contribution in [1.82, 2.24) is 51.1 Å². The van der Waals surface area contributed by atoms with Gasteiger partial charge in [-0.3, -0.25) is 20.2 Å². The summed E-state index contributed by atoms with van der Waals surface area (Å²) in [6.07, 6.45) is 5.51. The number of aromatic nitrogens is 9. The fraction of sp³-hybridized carbons (Fsp3) is 0.647. The topological polar surface area (TPSA) is 128 Å². The van der Waals surface area contributed by atoms with Crippen LogP contribution < -0.4 is 0 Å². The molecule has 3 N–H and O–H groups in total. The Kier molecular flexibility index (Phi) is 4.85. The lowest BCUT2D eigenvalue weighted by Gasteiger charge is -2.58. The zero-order valence-corrected chi connectivity index (χ0v) is 16.8. The highest BCUT2D eigenvalue weighted by molar-refractivity contribution is 5.22. The third-order valence-corrected chi connectivity index (χ3v) is 5.07. The Morgan fingerprint density at radius 2 is 1.15 bits per heavy atom. The molecule has 10 nitrogen and oxygen atoms in total. The van der Waals surface area contributed by atoms with Crippen LogP contribution in [-0.2, 0) is 18.6 Å². The molecule has 0 unspecified atom stereocenters. The molecule has 0 radical (unpaired) electrons. The molecule has 3 heterocycles. The molecule has 0 aliphatic carbocycles. The van der Waals surface area contributed by atoms with Crippen molar-refractivity contribution in [2.45, 2.75) is 60.2 Å². The predicted molar refractivity (Wildman–Crippen MR) is 99.0 cm³/mol. The van der Waals surface area contributed by atoms with Crippen LogP contribution in [0.25, 0.3) is 0 Å². The number of nitrogens with zero attached hydrogens (tertiary/aromatic N) is 7. The van der Waals surface area contributed by atoms with Crippen molar-refractivity contribution in [3.63, 3.8) is 0 Å². The lowest BCUT2D eigenvalue weighted by Crippen LogP contribution is -2.61. The summed E-state index contributed by atoms with van der Waals surface area (Å²) in [5, 5.41) is 33.1. The van der Waals surface area contributed by atoms with Gasteiger partial charge in [-0.15, -0.1) is 15.3 Å². The Balaban J connectivity index is 2.20. The van der Waals surface area contributed by atoms with Crippen molar-refractivity contribution in [2.75, 3.05) is 0 Å². The molecule has 3 rings (SSSR count). The maximum absolute atomic E-state index is 4.47. The van der Waals surface area contributed by atoms with Crippen LogP contribution in [0, 0.1) is 10.8 Å². The van der Waals surface area contributed by atoms with Gasteiger partial charge in [0.1, 0.15) is 5.69 Å². The fourth-order valence-corrected chi connectivity index (χ4v) is 4.67. The Labute approximate surface area is 158 Å². The Hall–Kier alpha value is -2.62. The van der Waals surface area contributed by atoms with Crippen LogP contribution in [0.2, 0.25) is 0 Å². The third-order valence-electron chi connectivity index (χ3n) is 5.07. The minimum atomic E-state index is -0.481. The molecule has 146 valence electrons. The van der Waals surface area contributed by atoms with Crippen molar-refractivity contribution in [3.05, 3.63) is 35.7 Å². The molecule has 0 aromatic carbocycles. The molecule has 0 saturated heterocycles. The molecular formula is C17H28N10. The van der Waals surface area contributed by atoms with E-state index in [0.717, 1.165) is 17.1 Å². The number of rotatable bonds is 6. The maximum Gasteiger partial charge on any atom is 0.104 e. The van der Waals surface area contributed by atoms with Crippen molar-refractivity contribution in [2.24, 2.45) is 10.8 Å². The summed E-state index contributed by atoms with van der Waals surface area (Å²) in [6.45, 7) is 14.5. The van der Waals surface area contributed by atoms with Gasteiger partial charge in [0.15, 0.2) is 0 Å². The quantitative estimate of drug-likeness (QED) is 0.604. The standard InChI is InChI=1S/C17H28N10/c1-15(2,3)17(16(4,5)6,14-9-20-26-23-14)27(10-12-7-18-24-21-12)11-13-8-19-25-22-13/h7-9H,10-11H2,1-6H3,(H,18,21,24)(H,19,22,25)(H,20,23,26). The molecule has 0 amide bonds. The van der Waals surface area contributed by atoms with Gasteiger partial charge in [-0.1, -0.05) is 57.2 Å². The summed E-state index contributed by atoms with van der Waals surface area (Å²) in [4.78, 5) is 2.35. The van der Waals surface area contributed by atoms with Gasteiger partial charge in [-0.2, -0.15) is 0 Å². The number of nitrogens with one attached hydrogen (secondary N) is 3. The summed E-state index contributed by atoms with van der Waals surface area (Å²) in [6, 6.07) is 0. The van der Waals surface area contributed by atoms with Gasteiger partial charge < -0.3 is 0 Å². The van der Waals surface area contributed by atoms with Crippen LogP contribution in [0.15, 0.2) is 18.6 Å². The highest BCUT2D eigenvalue weighted by Crippen LogP contribution is 2.55. The van der Waals surface area contributed by atoms with Crippen LogP contribution in [0.1, 0.15) is 58.6 Å². The van der Waals surface area contributed by atoms with E-state index in [0.29, 0.717) is 13.1 Å². The molecule has 0 aliphatic rings. The van der Waals surface area contributed by atoms with E-state index in [2.05, 4.69) is 92.7 Å². The molecule has 27 heavy (non-hydrogen) atoms. The van der Waals surface area contributed by atoms with Crippen molar-refractivity contribution in [1.29, 1.82) is 0 Å². The van der Waals surface area contributed by atoms with Gasteiger partial charge >= 0.3 is 0 Å². The zero-order chi connectivity index (χ0) is 19.7. The minimum absolute atomic E-state index is 0.185. The second-order valence-electron chi connectivity index (χ2n) is 8.85. The first kappa shape index (κ1) is 19.2. The lowest BCUT2D eigenvalue weighted by atomic mass is 9.57. The van der Waals surface area contributed by atoms with Crippen molar-refractivity contribution >= 4 is 0 Å². The van der Waals surface area contributed by atoms with Crippen LogP contribution in [0.3, 0.4) is 0 Å². The number of hydrogen-bond acceptors (Lipinski definition) is 7. The van der Waals surface area contributed by atoms with Gasteiger partial charge in [0, 0.05) is 31.7 Å². The van der Waals surface area contributed by atoms with Gasteiger partial charge in [0.2, 0.25) is 0 Å². The van der Waals surface area contributed by atoms with E-state index < -0.39 is 5.54 Å².